The monoisotopic (exact) mass is 316 g/mol. The summed E-state index contributed by atoms with van der Waals surface area (Å²) in [5.74, 6) is 0. The molecular weight excluding hydrogens is 296 g/mol. The third kappa shape index (κ3) is 5.09. The predicted molar refractivity (Wildman–Crippen MR) is 89.0 cm³/mol. The van der Waals surface area contributed by atoms with E-state index in [1.54, 1.807) is 18.8 Å². The number of aliphatic hydroxyl groups excluding tert-OH is 1. The fraction of sp³-hybridized carbons (Fsp3) is 0.235. The number of benzene rings is 2. The third-order valence-corrected chi connectivity index (χ3v) is 4.14. The summed E-state index contributed by atoms with van der Waals surface area (Å²) in [6.45, 7) is 0.776. The van der Waals surface area contributed by atoms with Gasteiger partial charge in [-0.25, -0.2) is 4.79 Å². The van der Waals surface area contributed by atoms with Gasteiger partial charge in [0.05, 0.1) is 6.61 Å². The number of amides is 2. The Bertz CT molecular complexity index is 587. The largest absolute Gasteiger partial charge is 0.395 e. The molecule has 0 aliphatic carbocycles. The minimum absolute atomic E-state index is 0.0324. The number of carbonyl (C=O) groups excluding carboxylic acids is 1. The van der Waals surface area contributed by atoms with Crippen molar-refractivity contribution in [2.45, 2.75) is 16.3 Å². The molecule has 4 nitrogen and oxygen atoms in total. The highest BCUT2D eigenvalue weighted by Gasteiger charge is 2.06. The maximum absolute atomic E-state index is 11.7. The van der Waals surface area contributed by atoms with E-state index in [4.69, 9.17) is 5.11 Å². The molecule has 0 atom stereocenters. The molecule has 0 saturated heterocycles. The maximum atomic E-state index is 11.7. The summed E-state index contributed by atoms with van der Waals surface area (Å²) in [5, 5.41) is 11.6. The van der Waals surface area contributed by atoms with Crippen LogP contribution in [0.25, 0.3) is 0 Å². The highest BCUT2D eigenvalue weighted by Crippen LogP contribution is 2.27. The van der Waals surface area contributed by atoms with Crippen LogP contribution in [0.2, 0.25) is 0 Å². The molecule has 0 aliphatic heterocycles. The number of carbonyl (C=O) groups is 1. The zero-order valence-corrected chi connectivity index (χ0v) is 13.3. The van der Waals surface area contributed by atoms with Gasteiger partial charge in [0.2, 0.25) is 0 Å². The number of nitrogens with one attached hydrogen (secondary N) is 1. The van der Waals surface area contributed by atoms with Crippen LogP contribution < -0.4 is 5.32 Å². The Balaban J connectivity index is 1.85. The van der Waals surface area contributed by atoms with Crippen LogP contribution in [-0.2, 0) is 6.54 Å². The van der Waals surface area contributed by atoms with Crippen LogP contribution in [0, 0.1) is 0 Å². The number of urea groups is 1. The first-order chi connectivity index (χ1) is 10.7. The summed E-state index contributed by atoms with van der Waals surface area (Å²) in [7, 11) is 1.66. The van der Waals surface area contributed by atoms with Gasteiger partial charge in [0.25, 0.3) is 0 Å². The normalized spacial score (nSPS) is 10.3. The number of hydrogen-bond donors (Lipinski definition) is 2. The molecule has 5 heteroatoms. The Hall–Kier alpha value is -1.98. The van der Waals surface area contributed by atoms with Crippen LogP contribution >= 0.6 is 11.8 Å². The topological polar surface area (TPSA) is 52.6 Å². The Morgan fingerprint density at radius 1 is 1.09 bits per heavy atom. The van der Waals surface area contributed by atoms with Crippen LogP contribution in [0.5, 0.6) is 0 Å². The zero-order valence-electron chi connectivity index (χ0n) is 12.5. The van der Waals surface area contributed by atoms with E-state index in [0.717, 1.165) is 5.56 Å². The van der Waals surface area contributed by atoms with E-state index in [2.05, 4.69) is 29.6 Å². The van der Waals surface area contributed by atoms with Crippen molar-refractivity contribution < 1.29 is 9.90 Å². The summed E-state index contributed by atoms with van der Waals surface area (Å²) in [5.41, 5.74) is 1.04. The van der Waals surface area contributed by atoms with Crippen LogP contribution in [-0.4, -0.2) is 36.2 Å². The number of rotatable bonds is 6. The minimum atomic E-state index is -0.184. The van der Waals surface area contributed by atoms with E-state index in [1.165, 1.54) is 14.7 Å². The smallest absolute Gasteiger partial charge is 0.317 e. The van der Waals surface area contributed by atoms with Crippen molar-refractivity contribution in [3.05, 3.63) is 60.2 Å². The second kappa shape index (κ2) is 8.46. The lowest BCUT2D eigenvalue weighted by molar-refractivity contribution is 0.190. The van der Waals surface area contributed by atoms with E-state index < -0.39 is 0 Å². The lowest BCUT2D eigenvalue weighted by Crippen LogP contribution is -2.38. The molecule has 0 saturated carbocycles. The van der Waals surface area contributed by atoms with Crippen molar-refractivity contribution >= 4 is 17.8 Å². The molecule has 0 spiro atoms. The second-order valence-corrected chi connectivity index (χ2v) is 6.01. The highest BCUT2D eigenvalue weighted by molar-refractivity contribution is 7.99. The molecule has 0 radical (unpaired) electrons. The van der Waals surface area contributed by atoms with Gasteiger partial charge in [0, 0.05) is 29.9 Å². The van der Waals surface area contributed by atoms with Crippen molar-refractivity contribution in [1.29, 1.82) is 0 Å². The first-order valence-electron chi connectivity index (χ1n) is 7.10. The quantitative estimate of drug-likeness (QED) is 0.861. The van der Waals surface area contributed by atoms with Crippen molar-refractivity contribution in [3.8, 4) is 0 Å². The molecule has 116 valence electrons. The molecule has 0 unspecified atom stereocenters. The zero-order chi connectivity index (χ0) is 15.8. The van der Waals surface area contributed by atoms with Gasteiger partial charge in [-0.15, -0.1) is 0 Å². The van der Waals surface area contributed by atoms with Gasteiger partial charge < -0.3 is 15.3 Å². The summed E-state index contributed by atoms with van der Waals surface area (Å²) in [6.07, 6.45) is 0. The second-order valence-electron chi connectivity index (χ2n) is 4.86. The SMILES string of the molecule is CN(CCO)C(=O)NCc1ccc(Sc2ccccc2)cc1. The highest BCUT2D eigenvalue weighted by atomic mass is 32.2. The van der Waals surface area contributed by atoms with Crippen LogP contribution in [0.15, 0.2) is 64.4 Å². The molecule has 0 aromatic heterocycles. The molecule has 0 fully saturated rings. The predicted octanol–water partition coefficient (Wildman–Crippen LogP) is 2.97. The van der Waals surface area contributed by atoms with Crippen LogP contribution in [0.3, 0.4) is 0 Å². The lowest BCUT2D eigenvalue weighted by atomic mass is 10.2. The van der Waals surface area contributed by atoms with Gasteiger partial charge in [-0.3, -0.25) is 0 Å². The lowest BCUT2D eigenvalue weighted by Gasteiger charge is -2.16. The Kier molecular flexibility index (Phi) is 6.30. The number of likely N-dealkylation sites (N-methyl/N-ethyl adjacent to an activating group) is 1. The van der Waals surface area contributed by atoms with Gasteiger partial charge in [-0.05, 0) is 29.8 Å². The Morgan fingerprint density at radius 2 is 1.73 bits per heavy atom. The summed E-state index contributed by atoms with van der Waals surface area (Å²) >= 11 is 1.71. The van der Waals surface area contributed by atoms with Crippen molar-refractivity contribution in [2.24, 2.45) is 0 Å². The molecular formula is C17H20N2O2S. The molecule has 2 aromatic rings. The maximum Gasteiger partial charge on any atom is 0.317 e. The first-order valence-corrected chi connectivity index (χ1v) is 7.92. The van der Waals surface area contributed by atoms with E-state index >= 15 is 0 Å². The van der Waals surface area contributed by atoms with Crippen LogP contribution in [0.4, 0.5) is 4.79 Å². The van der Waals surface area contributed by atoms with Crippen molar-refractivity contribution in [2.75, 3.05) is 20.2 Å². The first kappa shape index (κ1) is 16.4. The van der Waals surface area contributed by atoms with Gasteiger partial charge in [0.1, 0.15) is 0 Å². The fourth-order valence-electron chi connectivity index (χ4n) is 1.86. The van der Waals surface area contributed by atoms with Crippen LogP contribution in [0.1, 0.15) is 5.56 Å². The molecule has 0 aliphatic rings. The number of aliphatic hydroxyl groups is 1. The molecule has 2 amide bonds. The molecule has 2 rings (SSSR count). The third-order valence-electron chi connectivity index (χ3n) is 3.13. The molecule has 2 aromatic carbocycles. The average Bonchev–Trinajstić information content (AvgIpc) is 2.55. The molecule has 0 bridgehead atoms. The van der Waals surface area contributed by atoms with Gasteiger partial charge in [0.15, 0.2) is 0 Å². The van der Waals surface area contributed by atoms with E-state index in [-0.39, 0.29) is 12.6 Å². The number of hydrogen-bond acceptors (Lipinski definition) is 3. The molecule has 0 heterocycles. The average molecular weight is 316 g/mol. The van der Waals surface area contributed by atoms with Gasteiger partial charge in [-0.2, -0.15) is 0 Å². The van der Waals surface area contributed by atoms with E-state index in [1.807, 2.05) is 30.3 Å². The van der Waals surface area contributed by atoms with Gasteiger partial charge in [-0.1, -0.05) is 42.1 Å². The molecule has 2 N–H and O–H groups in total. The Morgan fingerprint density at radius 3 is 2.36 bits per heavy atom. The standard InChI is InChI=1S/C17H20N2O2S/c1-19(11-12-20)17(21)18-13-14-7-9-16(10-8-14)22-15-5-3-2-4-6-15/h2-10,20H,11-13H2,1H3,(H,18,21). The summed E-state index contributed by atoms with van der Waals surface area (Å²) in [6, 6.07) is 18.2. The molecule has 22 heavy (non-hydrogen) atoms. The van der Waals surface area contributed by atoms with Gasteiger partial charge >= 0.3 is 6.03 Å². The van der Waals surface area contributed by atoms with E-state index in [9.17, 15) is 4.79 Å². The fourth-order valence-corrected chi connectivity index (χ4v) is 2.70. The summed E-state index contributed by atoms with van der Waals surface area (Å²) < 4.78 is 0. The summed E-state index contributed by atoms with van der Waals surface area (Å²) in [4.78, 5) is 15.5. The number of nitrogens with zero attached hydrogens (tertiary/aromatic N) is 1. The van der Waals surface area contributed by atoms with Crippen molar-refractivity contribution in [3.63, 3.8) is 0 Å². The minimum Gasteiger partial charge on any atom is -0.395 e. The Labute approximate surface area is 135 Å². The van der Waals surface area contributed by atoms with Crippen molar-refractivity contribution in [1.82, 2.24) is 10.2 Å². The van der Waals surface area contributed by atoms with E-state index in [0.29, 0.717) is 13.1 Å².